The minimum Gasteiger partial charge on any atom is -0.492 e. The van der Waals surface area contributed by atoms with Crippen LogP contribution < -0.4 is 31.6 Å². The standard InChI is InChI=1S/C32H39N7O4S/c40-27(4-2-1-3-26-29-24(18-44-26)36-32(42)37-29)33-13-14-43-23-10-8-22(9-11-23)35-31-34-17-21-7-12-28(41)39(30(21)38-31)25-16-19-5-6-20(25)15-19/h7-12,17,19-20,24-26,29H,1-6,13-16,18H2,(H,33,40)(H,34,35,38)(H2,36,37,42)/t19?,20?,24-,25?,26-,29-/m0/s1. The third-order valence-electron chi connectivity index (χ3n) is 9.58. The molecular formula is C32H39N7O4S. The number of rotatable bonds is 12. The number of hydrogen-bond donors (Lipinski definition) is 4. The maximum Gasteiger partial charge on any atom is 0.315 e. The van der Waals surface area contributed by atoms with Crippen LogP contribution in [-0.4, -0.2) is 62.7 Å². The molecule has 4 fully saturated rings. The first kappa shape index (κ1) is 28.9. The fourth-order valence-corrected chi connectivity index (χ4v) is 8.98. The number of amides is 3. The van der Waals surface area contributed by atoms with Crippen molar-refractivity contribution in [2.45, 2.75) is 74.7 Å². The van der Waals surface area contributed by atoms with Crippen LogP contribution in [0.2, 0.25) is 0 Å². The summed E-state index contributed by atoms with van der Waals surface area (Å²) >= 11 is 1.90. The molecule has 2 saturated heterocycles. The van der Waals surface area contributed by atoms with Gasteiger partial charge < -0.3 is 26.0 Å². The van der Waals surface area contributed by atoms with Gasteiger partial charge in [0.25, 0.3) is 5.56 Å². The highest BCUT2D eigenvalue weighted by Gasteiger charge is 2.43. The Morgan fingerprint density at radius 1 is 1.07 bits per heavy atom. The molecule has 0 spiro atoms. The van der Waals surface area contributed by atoms with Gasteiger partial charge in [-0.2, -0.15) is 16.7 Å². The van der Waals surface area contributed by atoms with E-state index in [1.807, 2.05) is 40.6 Å². The van der Waals surface area contributed by atoms with Gasteiger partial charge in [-0.25, -0.2) is 9.78 Å². The number of hydrogen-bond acceptors (Lipinski definition) is 8. The minimum absolute atomic E-state index is 0.00751. The number of pyridine rings is 1. The summed E-state index contributed by atoms with van der Waals surface area (Å²) in [5, 5.41) is 13.5. The zero-order chi connectivity index (χ0) is 30.0. The largest absolute Gasteiger partial charge is 0.492 e. The van der Waals surface area contributed by atoms with Gasteiger partial charge in [0.2, 0.25) is 11.9 Å². The van der Waals surface area contributed by atoms with Gasteiger partial charge in [0.05, 0.1) is 18.6 Å². The fraction of sp³-hybridized carbons (Fsp3) is 0.531. The van der Waals surface area contributed by atoms with Gasteiger partial charge in [-0.3, -0.25) is 14.2 Å². The Kier molecular flexibility index (Phi) is 8.33. The predicted octanol–water partition coefficient (Wildman–Crippen LogP) is 4.12. The molecule has 7 rings (SSSR count). The molecule has 4 heterocycles. The van der Waals surface area contributed by atoms with Crippen LogP contribution in [0, 0.1) is 11.8 Å². The number of thioether (sulfide) groups is 1. The van der Waals surface area contributed by atoms with Gasteiger partial charge in [0.1, 0.15) is 18.0 Å². The fourth-order valence-electron chi connectivity index (χ4n) is 7.43. The van der Waals surface area contributed by atoms with Crippen molar-refractivity contribution in [2.24, 2.45) is 11.8 Å². The van der Waals surface area contributed by atoms with Gasteiger partial charge in [-0.1, -0.05) is 12.8 Å². The van der Waals surface area contributed by atoms with Gasteiger partial charge >= 0.3 is 6.03 Å². The lowest BCUT2D eigenvalue weighted by Crippen LogP contribution is -2.36. The van der Waals surface area contributed by atoms with Crippen molar-refractivity contribution in [3.8, 4) is 5.75 Å². The van der Waals surface area contributed by atoms with E-state index in [-0.39, 0.29) is 35.6 Å². The van der Waals surface area contributed by atoms with Crippen LogP contribution >= 0.6 is 11.8 Å². The lowest BCUT2D eigenvalue weighted by atomic mass is 9.95. The molecule has 4 N–H and O–H groups in total. The second-order valence-corrected chi connectivity index (χ2v) is 13.7. The maximum atomic E-state index is 12.9. The first-order chi connectivity index (χ1) is 21.5. The van der Waals surface area contributed by atoms with Crippen LogP contribution in [0.4, 0.5) is 16.4 Å². The monoisotopic (exact) mass is 617 g/mol. The second-order valence-electron chi connectivity index (χ2n) is 12.5. The van der Waals surface area contributed by atoms with Crippen molar-refractivity contribution in [1.82, 2.24) is 30.5 Å². The Bertz CT molecular complexity index is 1580. The number of carbonyl (C=O) groups is 2. The third-order valence-corrected chi connectivity index (χ3v) is 11.1. The number of carbonyl (C=O) groups excluding carboxylic acids is 2. The molecule has 2 saturated carbocycles. The number of anilines is 2. The number of nitrogens with one attached hydrogen (secondary N) is 4. The van der Waals surface area contributed by atoms with Gasteiger partial charge in [0.15, 0.2) is 0 Å². The Morgan fingerprint density at radius 2 is 1.95 bits per heavy atom. The number of nitrogens with zero attached hydrogens (tertiary/aromatic N) is 3. The molecule has 2 aromatic heterocycles. The van der Waals surface area contributed by atoms with Crippen LogP contribution in [0.3, 0.4) is 0 Å². The highest BCUT2D eigenvalue weighted by Crippen LogP contribution is 2.50. The maximum absolute atomic E-state index is 12.9. The summed E-state index contributed by atoms with van der Waals surface area (Å²) in [5.74, 6) is 3.43. The summed E-state index contributed by atoms with van der Waals surface area (Å²) in [6.45, 7) is 0.815. The summed E-state index contributed by atoms with van der Waals surface area (Å²) in [4.78, 5) is 45.9. The zero-order valence-electron chi connectivity index (χ0n) is 24.7. The average molecular weight is 618 g/mol. The molecule has 232 valence electrons. The summed E-state index contributed by atoms with van der Waals surface area (Å²) in [6, 6.07) is 11.6. The summed E-state index contributed by atoms with van der Waals surface area (Å²) in [5.41, 5.74) is 1.51. The van der Waals surface area contributed by atoms with Crippen molar-refractivity contribution in [1.29, 1.82) is 0 Å². The van der Waals surface area contributed by atoms with Crippen molar-refractivity contribution in [3.05, 3.63) is 52.9 Å². The number of ether oxygens (including phenoxy) is 1. The van der Waals surface area contributed by atoms with Gasteiger partial charge in [-0.15, -0.1) is 0 Å². The lowest BCUT2D eigenvalue weighted by Gasteiger charge is -2.25. The van der Waals surface area contributed by atoms with E-state index in [4.69, 9.17) is 9.72 Å². The molecular weight excluding hydrogens is 578 g/mol. The molecule has 2 aliphatic carbocycles. The van der Waals surface area contributed by atoms with E-state index in [0.717, 1.165) is 48.4 Å². The Balaban J connectivity index is 0.847. The van der Waals surface area contributed by atoms with Crippen molar-refractivity contribution in [2.75, 3.05) is 24.2 Å². The first-order valence-corrected chi connectivity index (χ1v) is 16.9. The molecule has 44 heavy (non-hydrogen) atoms. The number of fused-ring (bicyclic) bond motifs is 4. The minimum atomic E-state index is -0.0613. The second kappa shape index (κ2) is 12.7. The van der Waals surface area contributed by atoms with Crippen molar-refractivity contribution < 1.29 is 14.3 Å². The van der Waals surface area contributed by atoms with Gasteiger partial charge in [-0.05, 0) is 74.3 Å². The lowest BCUT2D eigenvalue weighted by molar-refractivity contribution is -0.121. The van der Waals surface area contributed by atoms with E-state index in [0.29, 0.717) is 48.1 Å². The molecule has 12 heteroatoms. The molecule has 6 atom stereocenters. The summed E-state index contributed by atoms with van der Waals surface area (Å²) < 4.78 is 7.72. The van der Waals surface area contributed by atoms with E-state index >= 15 is 0 Å². The molecule has 3 unspecified atom stereocenters. The molecule has 2 aliphatic heterocycles. The number of unbranched alkanes of at least 4 members (excludes halogenated alkanes) is 1. The average Bonchev–Trinajstić information content (AvgIpc) is 3.81. The van der Waals surface area contributed by atoms with Crippen molar-refractivity contribution >= 4 is 46.4 Å². The van der Waals surface area contributed by atoms with Crippen molar-refractivity contribution in [3.63, 3.8) is 0 Å². The number of benzene rings is 1. The Hall–Kier alpha value is -3.80. The molecule has 2 bridgehead atoms. The Labute approximate surface area is 260 Å². The van der Waals surface area contributed by atoms with E-state index < -0.39 is 0 Å². The van der Waals surface area contributed by atoms with E-state index in [9.17, 15) is 14.4 Å². The molecule has 0 radical (unpaired) electrons. The van der Waals surface area contributed by atoms with E-state index in [2.05, 4.69) is 26.3 Å². The van der Waals surface area contributed by atoms with E-state index in [1.165, 1.54) is 19.3 Å². The molecule has 4 aliphatic rings. The SMILES string of the molecule is O=C(CCCC[C@@H]1SC[C@@H]2NC(=O)N[C@@H]21)NCCOc1ccc(Nc2ncc3ccc(=O)n(C4CC5CCC4C5)c3n2)cc1. The number of aromatic nitrogens is 3. The van der Waals surface area contributed by atoms with Gasteiger partial charge in [0, 0.05) is 46.8 Å². The molecule has 11 nitrogen and oxygen atoms in total. The summed E-state index contributed by atoms with van der Waals surface area (Å²) in [7, 11) is 0. The topological polar surface area (TPSA) is 139 Å². The highest BCUT2D eigenvalue weighted by molar-refractivity contribution is 8.00. The quantitative estimate of drug-likeness (QED) is 0.176. The normalized spacial score (nSPS) is 26.8. The number of urea groups is 1. The predicted molar refractivity (Wildman–Crippen MR) is 170 cm³/mol. The third kappa shape index (κ3) is 6.22. The first-order valence-electron chi connectivity index (χ1n) is 15.8. The molecule has 3 amide bonds. The van der Waals surface area contributed by atoms with E-state index in [1.54, 1.807) is 18.3 Å². The van der Waals surface area contributed by atoms with Crippen LogP contribution in [-0.2, 0) is 4.79 Å². The van der Waals surface area contributed by atoms with Crippen LogP contribution in [0.15, 0.2) is 47.4 Å². The zero-order valence-corrected chi connectivity index (χ0v) is 25.5. The van der Waals surface area contributed by atoms with Crippen LogP contribution in [0.25, 0.3) is 11.0 Å². The van der Waals surface area contributed by atoms with Crippen LogP contribution in [0.5, 0.6) is 5.75 Å². The summed E-state index contributed by atoms with van der Waals surface area (Å²) in [6.07, 6.45) is 9.81. The Morgan fingerprint density at radius 3 is 2.77 bits per heavy atom. The molecule has 3 aromatic rings. The highest BCUT2D eigenvalue weighted by atomic mass is 32.2. The van der Waals surface area contributed by atoms with Crippen LogP contribution in [0.1, 0.15) is 57.4 Å². The molecule has 1 aromatic carbocycles. The smallest absolute Gasteiger partial charge is 0.315 e.